The number of thiophene rings is 1. The fourth-order valence-corrected chi connectivity index (χ4v) is 5.57. The van der Waals surface area contributed by atoms with E-state index >= 15 is 0 Å². The predicted molar refractivity (Wildman–Crippen MR) is 125 cm³/mol. The first-order chi connectivity index (χ1) is 15.0. The van der Waals surface area contributed by atoms with Gasteiger partial charge in [0.2, 0.25) is 0 Å². The second-order valence-electron chi connectivity index (χ2n) is 8.58. The van der Waals surface area contributed by atoms with Crippen molar-refractivity contribution in [2.24, 2.45) is 7.05 Å². The maximum Gasteiger partial charge on any atom is 0.272 e. The second kappa shape index (κ2) is 9.22. The Labute approximate surface area is 187 Å². The molecular weight excluding hydrogens is 408 g/mol. The highest BCUT2D eigenvalue weighted by molar-refractivity contribution is 7.21. The van der Waals surface area contributed by atoms with Crippen LogP contribution in [0.4, 0.5) is 0 Å². The molecule has 0 radical (unpaired) electrons. The molecule has 1 N–H and O–H groups in total. The van der Waals surface area contributed by atoms with Crippen LogP contribution < -0.4 is 5.32 Å². The van der Waals surface area contributed by atoms with Gasteiger partial charge in [-0.25, -0.2) is 0 Å². The van der Waals surface area contributed by atoms with Gasteiger partial charge in [0.05, 0.1) is 4.88 Å². The van der Waals surface area contributed by atoms with E-state index in [1.165, 1.54) is 0 Å². The topological polar surface area (TPSA) is 67.2 Å². The zero-order valence-electron chi connectivity index (χ0n) is 18.4. The monoisotopic (exact) mass is 438 g/mol. The molecule has 0 aliphatic carbocycles. The molecule has 2 amide bonds. The smallest absolute Gasteiger partial charge is 0.272 e. The minimum absolute atomic E-state index is 0.0238. The van der Waals surface area contributed by atoms with Crippen LogP contribution in [-0.2, 0) is 13.5 Å². The summed E-state index contributed by atoms with van der Waals surface area (Å²) in [4.78, 5) is 29.2. The van der Waals surface area contributed by atoms with Crippen LogP contribution in [0, 0.1) is 0 Å². The van der Waals surface area contributed by atoms with E-state index in [1.54, 1.807) is 35.3 Å². The molecule has 1 aromatic carbocycles. The summed E-state index contributed by atoms with van der Waals surface area (Å²) in [5, 5.41) is 8.36. The molecule has 164 valence electrons. The third-order valence-electron chi connectivity index (χ3n) is 5.94. The highest BCUT2D eigenvalue weighted by Crippen LogP contribution is 2.34. The largest absolute Gasteiger partial charge is 0.349 e. The lowest BCUT2D eigenvalue weighted by Crippen LogP contribution is -2.42. The SMILES string of the molecule is CC(C)NC(=O)c1sc2ccccc2c1C[C@@H]1CCCCCN1C(=O)c1ccnn1C. The summed E-state index contributed by atoms with van der Waals surface area (Å²) in [6.07, 6.45) is 6.52. The van der Waals surface area contributed by atoms with Crippen molar-refractivity contribution in [2.45, 2.75) is 58.0 Å². The standard InChI is InChI=1S/C24H30N4O2S/c1-16(2)26-23(29)22-19(18-10-6-7-11-21(18)31-22)15-17-9-5-4-8-14-28(17)24(30)20-12-13-25-27(20)3/h6-7,10-13,16-17H,4-5,8-9,14-15H2,1-3H3,(H,26,29)/t17-/m0/s1. The number of nitrogens with one attached hydrogen (secondary N) is 1. The first-order valence-electron chi connectivity index (χ1n) is 11.1. The van der Waals surface area contributed by atoms with Crippen LogP contribution in [0.1, 0.15) is 65.3 Å². The number of benzene rings is 1. The molecular formula is C24H30N4O2S. The van der Waals surface area contributed by atoms with Crippen LogP contribution in [0.2, 0.25) is 0 Å². The third-order valence-corrected chi connectivity index (χ3v) is 7.15. The van der Waals surface area contributed by atoms with E-state index in [2.05, 4.69) is 22.5 Å². The van der Waals surface area contributed by atoms with E-state index < -0.39 is 0 Å². The number of carbonyl (C=O) groups is 2. The summed E-state index contributed by atoms with van der Waals surface area (Å²) in [5.74, 6) is 0.00366. The van der Waals surface area contributed by atoms with Gasteiger partial charge in [-0.15, -0.1) is 11.3 Å². The van der Waals surface area contributed by atoms with Crippen LogP contribution in [0.3, 0.4) is 0 Å². The zero-order chi connectivity index (χ0) is 22.0. The number of carbonyl (C=O) groups excluding carboxylic acids is 2. The number of fused-ring (bicyclic) bond motifs is 1. The maximum absolute atomic E-state index is 13.4. The van der Waals surface area contributed by atoms with Crippen molar-refractivity contribution in [3.8, 4) is 0 Å². The molecule has 0 bridgehead atoms. The van der Waals surface area contributed by atoms with Crippen LogP contribution in [0.15, 0.2) is 36.5 Å². The lowest BCUT2D eigenvalue weighted by atomic mass is 9.97. The Morgan fingerprint density at radius 3 is 2.74 bits per heavy atom. The van der Waals surface area contributed by atoms with Crippen LogP contribution in [-0.4, -0.2) is 45.1 Å². The van der Waals surface area contributed by atoms with E-state index in [9.17, 15) is 9.59 Å². The molecule has 1 aliphatic heterocycles. The van der Waals surface area contributed by atoms with Crippen molar-refractivity contribution in [1.82, 2.24) is 20.0 Å². The molecule has 1 atom stereocenters. The van der Waals surface area contributed by atoms with E-state index in [-0.39, 0.29) is 23.9 Å². The molecule has 7 heteroatoms. The number of hydrogen-bond acceptors (Lipinski definition) is 4. The van der Waals surface area contributed by atoms with Crippen molar-refractivity contribution in [2.75, 3.05) is 6.54 Å². The Bertz CT molecular complexity index is 1080. The second-order valence-corrected chi connectivity index (χ2v) is 9.63. The molecule has 1 saturated heterocycles. The number of amides is 2. The fraction of sp³-hybridized carbons (Fsp3) is 0.458. The van der Waals surface area contributed by atoms with E-state index in [0.29, 0.717) is 12.1 Å². The molecule has 31 heavy (non-hydrogen) atoms. The maximum atomic E-state index is 13.4. The predicted octanol–water partition coefficient (Wildman–Crippen LogP) is 4.40. The molecule has 2 aromatic heterocycles. The highest BCUT2D eigenvalue weighted by atomic mass is 32.1. The number of rotatable bonds is 5. The summed E-state index contributed by atoms with van der Waals surface area (Å²) in [5.41, 5.74) is 1.67. The van der Waals surface area contributed by atoms with Crippen molar-refractivity contribution in [1.29, 1.82) is 0 Å². The van der Waals surface area contributed by atoms with Gasteiger partial charge in [-0.05, 0) is 56.2 Å². The highest BCUT2D eigenvalue weighted by Gasteiger charge is 2.30. The number of aryl methyl sites for hydroxylation is 1. The molecule has 0 unspecified atom stereocenters. The van der Waals surface area contributed by atoms with Crippen molar-refractivity contribution in [3.63, 3.8) is 0 Å². The third kappa shape index (κ3) is 4.51. The average molecular weight is 439 g/mol. The number of likely N-dealkylation sites (tertiary alicyclic amines) is 1. The Balaban J connectivity index is 1.71. The van der Waals surface area contributed by atoms with Gasteiger partial charge in [0, 0.05) is 36.6 Å². The Kier molecular flexibility index (Phi) is 6.41. The number of aromatic nitrogens is 2. The Morgan fingerprint density at radius 2 is 2.00 bits per heavy atom. The van der Waals surface area contributed by atoms with Gasteiger partial charge in [-0.1, -0.05) is 31.0 Å². The van der Waals surface area contributed by atoms with Gasteiger partial charge in [0.25, 0.3) is 11.8 Å². The molecule has 1 aliphatic rings. The first-order valence-corrected chi connectivity index (χ1v) is 11.9. The minimum Gasteiger partial charge on any atom is -0.349 e. The van der Waals surface area contributed by atoms with Gasteiger partial charge < -0.3 is 10.2 Å². The quantitative estimate of drug-likeness (QED) is 0.642. The van der Waals surface area contributed by atoms with Gasteiger partial charge in [0.15, 0.2) is 0 Å². The summed E-state index contributed by atoms with van der Waals surface area (Å²) < 4.78 is 2.76. The van der Waals surface area contributed by atoms with Crippen LogP contribution >= 0.6 is 11.3 Å². The van der Waals surface area contributed by atoms with Crippen molar-refractivity contribution >= 4 is 33.2 Å². The van der Waals surface area contributed by atoms with Crippen molar-refractivity contribution in [3.05, 3.63) is 52.7 Å². The van der Waals surface area contributed by atoms with Gasteiger partial charge in [-0.3, -0.25) is 14.3 Å². The molecule has 0 spiro atoms. The lowest BCUT2D eigenvalue weighted by Gasteiger charge is -2.30. The lowest BCUT2D eigenvalue weighted by molar-refractivity contribution is 0.0671. The van der Waals surface area contributed by atoms with Crippen LogP contribution in [0.5, 0.6) is 0 Å². The molecule has 6 nitrogen and oxygen atoms in total. The normalized spacial score (nSPS) is 17.2. The number of nitrogens with zero attached hydrogens (tertiary/aromatic N) is 3. The van der Waals surface area contributed by atoms with Crippen LogP contribution in [0.25, 0.3) is 10.1 Å². The van der Waals surface area contributed by atoms with Gasteiger partial charge in [0.1, 0.15) is 5.69 Å². The molecule has 0 saturated carbocycles. The van der Waals surface area contributed by atoms with Gasteiger partial charge in [-0.2, -0.15) is 5.10 Å². The summed E-state index contributed by atoms with van der Waals surface area (Å²) in [6, 6.07) is 10.1. The average Bonchev–Trinajstić information content (AvgIpc) is 3.24. The molecule has 3 aromatic rings. The first kappa shape index (κ1) is 21.6. The molecule has 4 rings (SSSR count). The van der Waals surface area contributed by atoms with E-state index in [4.69, 9.17) is 0 Å². The minimum atomic E-state index is -0.0238. The van der Waals surface area contributed by atoms with E-state index in [1.807, 2.05) is 30.9 Å². The summed E-state index contributed by atoms with van der Waals surface area (Å²) in [7, 11) is 1.81. The Morgan fingerprint density at radius 1 is 1.19 bits per heavy atom. The molecule has 3 heterocycles. The van der Waals surface area contributed by atoms with Crippen molar-refractivity contribution < 1.29 is 9.59 Å². The Hall–Kier alpha value is -2.67. The number of hydrogen-bond donors (Lipinski definition) is 1. The van der Waals surface area contributed by atoms with E-state index in [0.717, 1.165) is 52.8 Å². The zero-order valence-corrected chi connectivity index (χ0v) is 19.2. The molecule has 1 fully saturated rings. The fourth-order valence-electron chi connectivity index (χ4n) is 4.44. The summed E-state index contributed by atoms with van der Waals surface area (Å²) in [6.45, 7) is 4.69. The summed E-state index contributed by atoms with van der Waals surface area (Å²) >= 11 is 1.55. The van der Waals surface area contributed by atoms with Gasteiger partial charge >= 0.3 is 0 Å².